The summed E-state index contributed by atoms with van der Waals surface area (Å²) in [6.45, 7) is 4.15. The molecule has 0 radical (unpaired) electrons. The van der Waals surface area contributed by atoms with E-state index in [1.807, 2.05) is 33.7 Å². The average Bonchev–Trinajstić information content (AvgIpc) is 3.14. The van der Waals surface area contributed by atoms with Crippen LogP contribution in [0, 0.1) is 0 Å². The molecule has 3 heterocycles. The monoisotopic (exact) mass is 380 g/mol. The molecule has 2 aliphatic rings. The molecule has 0 spiro atoms. The fourth-order valence-corrected chi connectivity index (χ4v) is 6.16. The van der Waals surface area contributed by atoms with E-state index in [0.717, 1.165) is 55.8 Å². The van der Waals surface area contributed by atoms with Crippen molar-refractivity contribution in [3.8, 4) is 0 Å². The van der Waals surface area contributed by atoms with E-state index in [1.165, 1.54) is 18.6 Å². The van der Waals surface area contributed by atoms with Gasteiger partial charge in [-0.2, -0.15) is 0 Å². The molecule has 1 amide bonds. The molecule has 1 aromatic heterocycles. The van der Waals surface area contributed by atoms with Gasteiger partial charge in [-0.25, -0.2) is 4.98 Å². The van der Waals surface area contributed by atoms with Crippen LogP contribution in [-0.2, 0) is 4.79 Å². The van der Waals surface area contributed by atoms with Gasteiger partial charge in [0.15, 0.2) is 0 Å². The maximum absolute atomic E-state index is 12.1. The minimum Gasteiger partial charge on any atom is -0.354 e. The minimum absolute atomic E-state index is 0.0996. The van der Waals surface area contributed by atoms with Crippen LogP contribution in [0.1, 0.15) is 32.1 Å². The standard InChI is InChI=1S/C18H28N4OS2/c1-21-9-11-22(12-10-21)17-7-6-15(14-19-17)20-18(23)5-3-2-4-16-8-13-24-25-16/h6-7,14,16H,2-5,8-13H2,1H3,(H,20,23). The highest BCUT2D eigenvalue weighted by Crippen LogP contribution is 2.39. The van der Waals surface area contributed by atoms with E-state index in [2.05, 4.69) is 27.1 Å². The van der Waals surface area contributed by atoms with Crippen LogP contribution in [0.5, 0.6) is 0 Å². The zero-order chi connectivity index (χ0) is 17.5. The van der Waals surface area contributed by atoms with Crippen molar-refractivity contribution in [2.75, 3.05) is 49.2 Å². The van der Waals surface area contributed by atoms with Crippen molar-refractivity contribution in [1.29, 1.82) is 0 Å². The molecule has 1 N–H and O–H groups in total. The van der Waals surface area contributed by atoms with E-state index in [0.29, 0.717) is 6.42 Å². The number of nitrogens with one attached hydrogen (secondary N) is 1. The first-order valence-electron chi connectivity index (χ1n) is 9.18. The second-order valence-corrected chi connectivity index (χ2v) is 9.61. The third-order valence-corrected chi connectivity index (χ3v) is 7.77. The first-order chi connectivity index (χ1) is 12.2. The summed E-state index contributed by atoms with van der Waals surface area (Å²) >= 11 is 0. The number of piperazine rings is 1. The Hall–Kier alpha value is -0.920. The molecule has 5 nitrogen and oxygen atoms in total. The minimum atomic E-state index is 0.0996. The lowest BCUT2D eigenvalue weighted by molar-refractivity contribution is -0.116. The zero-order valence-electron chi connectivity index (χ0n) is 14.9. The highest BCUT2D eigenvalue weighted by Gasteiger charge is 2.16. The topological polar surface area (TPSA) is 48.5 Å². The number of anilines is 2. The zero-order valence-corrected chi connectivity index (χ0v) is 16.6. The van der Waals surface area contributed by atoms with Crippen molar-refractivity contribution in [2.45, 2.75) is 37.4 Å². The smallest absolute Gasteiger partial charge is 0.224 e. The van der Waals surface area contributed by atoms with Crippen molar-refractivity contribution < 1.29 is 4.79 Å². The van der Waals surface area contributed by atoms with Gasteiger partial charge in [0, 0.05) is 43.6 Å². The van der Waals surface area contributed by atoms with Crippen LogP contribution in [0.4, 0.5) is 11.5 Å². The van der Waals surface area contributed by atoms with Gasteiger partial charge >= 0.3 is 0 Å². The Morgan fingerprint density at radius 1 is 1.28 bits per heavy atom. The summed E-state index contributed by atoms with van der Waals surface area (Å²) in [6.07, 6.45) is 7.06. The van der Waals surface area contributed by atoms with Crippen LogP contribution >= 0.6 is 21.6 Å². The van der Waals surface area contributed by atoms with E-state index in [4.69, 9.17) is 0 Å². The van der Waals surface area contributed by atoms with Crippen LogP contribution < -0.4 is 10.2 Å². The second-order valence-electron chi connectivity index (χ2n) is 6.82. The Morgan fingerprint density at radius 2 is 2.12 bits per heavy atom. The highest BCUT2D eigenvalue weighted by molar-refractivity contribution is 8.77. The Bertz CT molecular complexity index is 541. The summed E-state index contributed by atoms with van der Waals surface area (Å²) in [5, 5.41) is 3.78. The molecule has 0 aliphatic carbocycles. The number of carbonyl (C=O) groups excluding carboxylic acids is 1. The molecular weight excluding hydrogens is 352 g/mol. The molecule has 0 bridgehead atoms. The molecule has 25 heavy (non-hydrogen) atoms. The van der Waals surface area contributed by atoms with Gasteiger partial charge in [-0.1, -0.05) is 28.0 Å². The van der Waals surface area contributed by atoms with Gasteiger partial charge in [0.05, 0.1) is 11.9 Å². The van der Waals surface area contributed by atoms with Crippen molar-refractivity contribution in [2.24, 2.45) is 0 Å². The van der Waals surface area contributed by atoms with Crippen molar-refractivity contribution >= 4 is 39.0 Å². The normalized spacial score (nSPS) is 21.5. The van der Waals surface area contributed by atoms with Crippen LogP contribution in [0.2, 0.25) is 0 Å². The van der Waals surface area contributed by atoms with Gasteiger partial charge in [-0.05, 0) is 38.4 Å². The second kappa shape index (κ2) is 9.69. The number of amides is 1. The molecule has 1 atom stereocenters. The van der Waals surface area contributed by atoms with Gasteiger partial charge in [0.1, 0.15) is 5.82 Å². The highest BCUT2D eigenvalue weighted by atomic mass is 33.1. The van der Waals surface area contributed by atoms with E-state index < -0.39 is 0 Å². The summed E-state index contributed by atoms with van der Waals surface area (Å²) in [6, 6.07) is 3.97. The Kier molecular flexibility index (Phi) is 7.31. The first kappa shape index (κ1) is 18.9. The lowest BCUT2D eigenvalue weighted by Gasteiger charge is -2.33. The van der Waals surface area contributed by atoms with Crippen LogP contribution in [0.3, 0.4) is 0 Å². The molecule has 2 aliphatic heterocycles. The van der Waals surface area contributed by atoms with Crippen molar-refractivity contribution in [1.82, 2.24) is 9.88 Å². The van der Waals surface area contributed by atoms with E-state index >= 15 is 0 Å². The average molecular weight is 381 g/mol. The largest absolute Gasteiger partial charge is 0.354 e. The molecular formula is C18H28N4OS2. The Labute approximate surface area is 158 Å². The van der Waals surface area contributed by atoms with Crippen molar-refractivity contribution in [3.63, 3.8) is 0 Å². The van der Waals surface area contributed by atoms with E-state index in [1.54, 1.807) is 6.20 Å². The van der Waals surface area contributed by atoms with Crippen LogP contribution in [0.25, 0.3) is 0 Å². The summed E-state index contributed by atoms with van der Waals surface area (Å²) < 4.78 is 0. The quantitative estimate of drug-likeness (QED) is 0.577. The number of unbranched alkanes of at least 4 members (excludes halogenated alkanes) is 1. The predicted octanol–water partition coefficient (Wildman–Crippen LogP) is 3.49. The van der Waals surface area contributed by atoms with Crippen LogP contribution in [0.15, 0.2) is 18.3 Å². The Balaban J connectivity index is 1.36. The number of nitrogens with zero attached hydrogens (tertiary/aromatic N) is 3. The molecule has 7 heteroatoms. The SMILES string of the molecule is CN1CCN(c2ccc(NC(=O)CCCCC3CCSS3)cn2)CC1. The van der Waals surface area contributed by atoms with Gasteiger partial charge in [-0.3, -0.25) is 4.79 Å². The maximum atomic E-state index is 12.1. The summed E-state index contributed by atoms with van der Waals surface area (Å²) in [7, 11) is 6.15. The van der Waals surface area contributed by atoms with E-state index in [9.17, 15) is 4.79 Å². The summed E-state index contributed by atoms with van der Waals surface area (Å²) in [5.74, 6) is 2.38. The van der Waals surface area contributed by atoms with Gasteiger partial charge in [0.25, 0.3) is 0 Å². The fraction of sp³-hybridized carbons (Fsp3) is 0.667. The fourth-order valence-electron chi connectivity index (χ4n) is 3.13. The van der Waals surface area contributed by atoms with Gasteiger partial charge in [-0.15, -0.1) is 0 Å². The summed E-state index contributed by atoms with van der Waals surface area (Å²) in [5.41, 5.74) is 0.797. The van der Waals surface area contributed by atoms with Crippen molar-refractivity contribution in [3.05, 3.63) is 18.3 Å². The van der Waals surface area contributed by atoms with Crippen LogP contribution in [-0.4, -0.2) is 60.0 Å². The Morgan fingerprint density at radius 3 is 2.80 bits per heavy atom. The molecule has 2 saturated heterocycles. The predicted molar refractivity (Wildman–Crippen MR) is 109 cm³/mol. The molecule has 1 unspecified atom stereocenters. The molecule has 0 saturated carbocycles. The maximum Gasteiger partial charge on any atom is 0.224 e. The number of pyridine rings is 1. The molecule has 138 valence electrons. The number of hydrogen-bond donors (Lipinski definition) is 1. The number of rotatable bonds is 7. The lowest BCUT2D eigenvalue weighted by atomic mass is 10.1. The lowest BCUT2D eigenvalue weighted by Crippen LogP contribution is -2.44. The third kappa shape index (κ3) is 6.08. The van der Waals surface area contributed by atoms with Gasteiger partial charge in [0.2, 0.25) is 5.91 Å². The first-order valence-corrected chi connectivity index (χ1v) is 11.6. The molecule has 0 aromatic carbocycles. The number of carbonyl (C=O) groups is 1. The number of likely N-dealkylation sites (N-methyl/N-ethyl adjacent to an activating group) is 1. The van der Waals surface area contributed by atoms with E-state index in [-0.39, 0.29) is 5.91 Å². The molecule has 1 aromatic rings. The third-order valence-electron chi connectivity index (χ3n) is 4.77. The molecule has 3 rings (SSSR count). The summed E-state index contributed by atoms with van der Waals surface area (Å²) in [4.78, 5) is 21.2. The molecule has 2 fully saturated rings. The van der Waals surface area contributed by atoms with Gasteiger partial charge < -0.3 is 15.1 Å². The number of hydrogen-bond acceptors (Lipinski definition) is 6. The number of aromatic nitrogens is 1.